The summed E-state index contributed by atoms with van der Waals surface area (Å²) in [5.41, 5.74) is 2.16. The Kier molecular flexibility index (Phi) is 6.62. The van der Waals surface area contributed by atoms with E-state index >= 15 is 0 Å². The third-order valence-corrected chi connectivity index (χ3v) is 8.37. The predicted octanol–water partition coefficient (Wildman–Crippen LogP) is 6.03. The van der Waals surface area contributed by atoms with E-state index in [1.54, 1.807) is 30.3 Å². The Morgan fingerprint density at radius 3 is 2.79 bits per heavy atom. The number of aromatic nitrogens is 4. The molecule has 5 aromatic rings. The summed E-state index contributed by atoms with van der Waals surface area (Å²) >= 11 is 6.64. The summed E-state index contributed by atoms with van der Waals surface area (Å²) in [5.74, 6) is -1.71. The minimum atomic E-state index is -2.97. The summed E-state index contributed by atoms with van der Waals surface area (Å²) in [5, 5.41) is 11.3. The zero-order valence-corrected chi connectivity index (χ0v) is 23.2. The van der Waals surface area contributed by atoms with Gasteiger partial charge in [0.15, 0.2) is 17.2 Å². The van der Waals surface area contributed by atoms with Crippen LogP contribution >= 0.6 is 11.6 Å². The van der Waals surface area contributed by atoms with Crippen molar-refractivity contribution in [2.75, 3.05) is 24.7 Å². The standard InChI is InChI=1S/C29H26ClF2N5O5/c1-14-13-40-10-9-19(14)37-23-17(30)6-4-7-18(23)33-29(37)41-15-11-20(28(38)39)36(12-15)27-24-22(34-26(35-27)25(31)32)16-5-2-3-8-21(16)42-24/h2-8,14-15,19-20,25H,9-13H2,1H3,(H,38,39)/t14-,15-,19-,20-/m0/s1. The fourth-order valence-corrected chi connectivity index (χ4v) is 6.37. The molecule has 0 saturated carbocycles. The molecule has 2 saturated heterocycles. The first-order chi connectivity index (χ1) is 20.3. The lowest BCUT2D eigenvalue weighted by Crippen LogP contribution is -2.37. The smallest absolute Gasteiger partial charge is 0.326 e. The number of carboxylic acid groups (broad SMARTS) is 1. The number of para-hydroxylation sites is 2. The number of hydrogen-bond donors (Lipinski definition) is 1. The van der Waals surface area contributed by atoms with Crippen LogP contribution in [-0.4, -0.2) is 62.5 Å². The van der Waals surface area contributed by atoms with E-state index in [1.807, 2.05) is 16.7 Å². The maximum atomic E-state index is 13.9. The van der Waals surface area contributed by atoms with E-state index in [2.05, 4.69) is 16.9 Å². The van der Waals surface area contributed by atoms with Crippen LogP contribution < -0.4 is 9.64 Å². The molecule has 0 spiro atoms. The SMILES string of the molecule is C[C@H]1COCC[C@@H]1n1c(O[C@H]2C[C@@H](C(=O)O)N(c3nc(C(F)F)nc4c3oc3ccccc34)C2)nc2cccc(Cl)c21. The molecule has 3 aromatic heterocycles. The molecule has 0 unspecified atom stereocenters. The van der Waals surface area contributed by atoms with Crippen LogP contribution in [-0.2, 0) is 9.53 Å². The number of anilines is 1. The van der Waals surface area contributed by atoms with Gasteiger partial charge in [-0.25, -0.2) is 23.5 Å². The predicted molar refractivity (Wildman–Crippen MR) is 150 cm³/mol. The van der Waals surface area contributed by atoms with Gasteiger partial charge in [-0.1, -0.05) is 36.7 Å². The summed E-state index contributed by atoms with van der Waals surface area (Å²) in [6, 6.07) is 11.6. The Bertz CT molecular complexity index is 1830. The number of imidazole rings is 1. The lowest BCUT2D eigenvalue weighted by molar-refractivity contribution is -0.138. The molecule has 0 amide bonds. The van der Waals surface area contributed by atoms with Crippen LogP contribution in [0.5, 0.6) is 6.01 Å². The molecule has 7 rings (SSSR count). The summed E-state index contributed by atoms with van der Waals surface area (Å²) in [6.07, 6.45) is -2.83. The first-order valence-corrected chi connectivity index (χ1v) is 14.1. The van der Waals surface area contributed by atoms with Crippen molar-refractivity contribution >= 4 is 56.5 Å². The molecule has 5 heterocycles. The molecule has 4 atom stereocenters. The van der Waals surface area contributed by atoms with Crippen molar-refractivity contribution < 1.29 is 32.6 Å². The summed E-state index contributed by atoms with van der Waals surface area (Å²) in [6.45, 7) is 3.27. The largest absolute Gasteiger partial charge is 0.480 e. The number of carboxylic acids is 1. The number of ether oxygens (including phenoxy) is 2. The third kappa shape index (κ3) is 4.40. The van der Waals surface area contributed by atoms with Gasteiger partial charge in [-0.3, -0.25) is 4.57 Å². The van der Waals surface area contributed by atoms with E-state index in [0.717, 1.165) is 11.9 Å². The Balaban J connectivity index is 1.30. The number of rotatable bonds is 6. The highest BCUT2D eigenvalue weighted by molar-refractivity contribution is 6.35. The average Bonchev–Trinajstić information content (AvgIpc) is 3.67. The molecular formula is C29H26ClF2N5O5. The lowest BCUT2D eigenvalue weighted by Gasteiger charge is -2.31. The van der Waals surface area contributed by atoms with Crippen molar-refractivity contribution in [1.82, 2.24) is 19.5 Å². The topological polar surface area (TPSA) is 116 Å². The molecule has 10 nitrogen and oxygen atoms in total. The van der Waals surface area contributed by atoms with Crippen LogP contribution in [0, 0.1) is 5.92 Å². The molecule has 2 aliphatic rings. The van der Waals surface area contributed by atoms with Gasteiger partial charge in [0.05, 0.1) is 29.2 Å². The number of benzene rings is 2. The van der Waals surface area contributed by atoms with Gasteiger partial charge in [0.2, 0.25) is 0 Å². The second-order valence-corrected chi connectivity index (χ2v) is 11.2. The molecule has 2 aromatic carbocycles. The number of alkyl halides is 2. The van der Waals surface area contributed by atoms with E-state index < -0.39 is 30.4 Å². The van der Waals surface area contributed by atoms with E-state index in [4.69, 9.17) is 30.5 Å². The highest BCUT2D eigenvalue weighted by Crippen LogP contribution is 2.40. The van der Waals surface area contributed by atoms with Gasteiger partial charge in [-0.2, -0.15) is 4.98 Å². The van der Waals surface area contributed by atoms with Gasteiger partial charge < -0.3 is 23.9 Å². The van der Waals surface area contributed by atoms with Crippen LogP contribution in [0.2, 0.25) is 5.02 Å². The highest BCUT2D eigenvalue weighted by atomic mass is 35.5. The zero-order valence-electron chi connectivity index (χ0n) is 22.4. The van der Waals surface area contributed by atoms with E-state index in [1.165, 1.54) is 4.90 Å². The maximum Gasteiger partial charge on any atom is 0.326 e. The molecule has 13 heteroatoms. The Morgan fingerprint density at radius 2 is 2.00 bits per heavy atom. The monoisotopic (exact) mass is 597 g/mol. The summed E-state index contributed by atoms with van der Waals surface area (Å²) in [4.78, 5) is 26.8. The average molecular weight is 598 g/mol. The number of aliphatic carboxylic acids is 1. The molecule has 2 fully saturated rings. The molecule has 0 bridgehead atoms. The normalized spacial score (nSPS) is 23.0. The molecule has 2 aliphatic heterocycles. The van der Waals surface area contributed by atoms with Gasteiger partial charge in [0.25, 0.3) is 12.4 Å². The fraction of sp³-hybridized carbons (Fsp3) is 0.379. The number of furan rings is 1. The summed E-state index contributed by atoms with van der Waals surface area (Å²) in [7, 11) is 0. The number of carbonyl (C=O) groups is 1. The van der Waals surface area contributed by atoms with E-state index in [9.17, 15) is 18.7 Å². The van der Waals surface area contributed by atoms with Crippen molar-refractivity contribution in [1.29, 1.82) is 0 Å². The quantitative estimate of drug-likeness (QED) is 0.251. The minimum absolute atomic E-state index is 0.00272. The number of fused-ring (bicyclic) bond motifs is 4. The molecular weight excluding hydrogens is 572 g/mol. The Labute approximate surface area is 242 Å². The highest BCUT2D eigenvalue weighted by Gasteiger charge is 2.42. The summed E-state index contributed by atoms with van der Waals surface area (Å²) < 4.78 is 47.9. The lowest BCUT2D eigenvalue weighted by atomic mass is 9.97. The van der Waals surface area contributed by atoms with E-state index in [0.29, 0.717) is 40.7 Å². The molecule has 0 aliphatic carbocycles. The van der Waals surface area contributed by atoms with Crippen LogP contribution in [0.3, 0.4) is 0 Å². The van der Waals surface area contributed by atoms with Crippen molar-refractivity contribution in [3.8, 4) is 6.01 Å². The van der Waals surface area contributed by atoms with Crippen LogP contribution in [0.1, 0.15) is 38.1 Å². The number of nitrogens with zero attached hydrogens (tertiary/aromatic N) is 5. The Hall–Kier alpha value is -4.03. The molecule has 0 radical (unpaired) electrons. The molecule has 42 heavy (non-hydrogen) atoms. The minimum Gasteiger partial charge on any atom is -0.480 e. The van der Waals surface area contributed by atoms with Crippen LogP contribution in [0.25, 0.3) is 33.1 Å². The number of hydrogen-bond acceptors (Lipinski definition) is 8. The van der Waals surface area contributed by atoms with Gasteiger partial charge in [-0.05, 0) is 30.7 Å². The van der Waals surface area contributed by atoms with Crippen molar-refractivity contribution in [3.63, 3.8) is 0 Å². The first-order valence-electron chi connectivity index (χ1n) is 13.7. The molecule has 218 valence electrons. The van der Waals surface area contributed by atoms with Crippen LogP contribution in [0.15, 0.2) is 46.9 Å². The zero-order chi connectivity index (χ0) is 29.1. The number of halogens is 3. The van der Waals surface area contributed by atoms with Crippen molar-refractivity contribution in [2.24, 2.45) is 5.92 Å². The Morgan fingerprint density at radius 1 is 1.17 bits per heavy atom. The van der Waals surface area contributed by atoms with Gasteiger partial charge in [0.1, 0.15) is 23.2 Å². The van der Waals surface area contributed by atoms with Crippen molar-refractivity contribution in [3.05, 3.63) is 53.3 Å². The first kappa shape index (κ1) is 26.8. The molecule has 1 N–H and O–H groups in total. The van der Waals surface area contributed by atoms with Gasteiger partial charge >= 0.3 is 5.97 Å². The van der Waals surface area contributed by atoms with Gasteiger partial charge in [-0.15, -0.1) is 0 Å². The third-order valence-electron chi connectivity index (χ3n) is 8.06. The van der Waals surface area contributed by atoms with Gasteiger partial charge in [0, 0.05) is 30.4 Å². The van der Waals surface area contributed by atoms with Crippen molar-refractivity contribution in [2.45, 2.75) is 44.4 Å². The second kappa shape index (κ2) is 10.4. The maximum absolute atomic E-state index is 13.9. The fourth-order valence-electron chi connectivity index (χ4n) is 6.11. The van der Waals surface area contributed by atoms with Crippen LogP contribution in [0.4, 0.5) is 14.6 Å². The van der Waals surface area contributed by atoms with E-state index in [-0.39, 0.29) is 41.8 Å². The second-order valence-electron chi connectivity index (χ2n) is 10.7.